The fourth-order valence-corrected chi connectivity index (χ4v) is 2.94. The minimum atomic E-state index is -0.318. The number of hydrogen-bond acceptors (Lipinski definition) is 4. The third-order valence-corrected chi connectivity index (χ3v) is 4.39. The van der Waals surface area contributed by atoms with Crippen LogP contribution in [0.1, 0.15) is 19.4 Å². The smallest absolute Gasteiger partial charge is 0.244 e. The highest BCUT2D eigenvalue weighted by atomic mass is 35.5. The molecule has 1 N–H and O–H groups in total. The topological polar surface area (TPSA) is 67.9 Å². The van der Waals surface area contributed by atoms with Gasteiger partial charge in [-0.15, -0.1) is 0 Å². The zero-order chi connectivity index (χ0) is 20.0. The SMILES string of the molecule is CCc1ccccc1NC(=O)CN(C(C)=O)c1cc(OC)c(Cl)cc1OC. The van der Waals surface area contributed by atoms with Crippen molar-refractivity contribution in [2.24, 2.45) is 0 Å². The number of carbonyl (C=O) groups is 2. The quantitative estimate of drug-likeness (QED) is 0.778. The molecule has 0 aliphatic heterocycles. The highest BCUT2D eigenvalue weighted by Gasteiger charge is 2.22. The Labute approximate surface area is 164 Å². The zero-order valence-corrected chi connectivity index (χ0v) is 16.6. The lowest BCUT2D eigenvalue weighted by Gasteiger charge is -2.24. The van der Waals surface area contributed by atoms with Crippen molar-refractivity contribution >= 4 is 34.8 Å². The summed E-state index contributed by atoms with van der Waals surface area (Å²) in [5.41, 5.74) is 2.16. The average Bonchev–Trinajstić information content (AvgIpc) is 2.66. The van der Waals surface area contributed by atoms with Gasteiger partial charge in [-0.2, -0.15) is 0 Å². The van der Waals surface area contributed by atoms with Gasteiger partial charge in [-0.25, -0.2) is 0 Å². The highest BCUT2D eigenvalue weighted by Crippen LogP contribution is 2.38. The van der Waals surface area contributed by atoms with Gasteiger partial charge in [0.15, 0.2) is 0 Å². The molecule has 2 aromatic rings. The maximum absolute atomic E-state index is 12.6. The first-order valence-corrected chi connectivity index (χ1v) is 8.86. The Hall–Kier alpha value is -2.73. The summed E-state index contributed by atoms with van der Waals surface area (Å²) in [4.78, 5) is 26.1. The lowest BCUT2D eigenvalue weighted by molar-refractivity contribution is -0.120. The largest absolute Gasteiger partial charge is 0.495 e. The molecule has 0 atom stereocenters. The van der Waals surface area contributed by atoms with Gasteiger partial charge in [0.25, 0.3) is 0 Å². The lowest BCUT2D eigenvalue weighted by Crippen LogP contribution is -2.37. The first-order valence-electron chi connectivity index (χ1n) is 8.48. The van der Waals surface area contributed by atoms with Gasteiger partial charge in [0.1, 0.15) is 18.0 Å². The van der Waals surface area contributed by atoms with E-state index >= 15 is 0 Å². The second-order valence-electron chi connectivity index (χ2n) is 5.82. The molecule has 0 aliphatic carbocycles. The van der Waals surface area contributed by atoms with Crippen molar-refractivity contribution in [3.05, 3.63) is 47.0 Å². The lowest BCUT2D eigenvalue weighted by atomic mass is 10.1. The normalized spacial score (nSPS) is 10.3. The standard InChI is InChI=1S/C20H23ClN2O4/c1-5-14-8-6-7-9-16(14)22-20(25)12-23(13(2)24)17-11-18(26-3)15(21)10-19(17)27-4/h6-11H,5,12H2,1-4H3,(H,22,25). The molecule has 27 heavy (non-hydrogen) atoms. The van der Waals surface area contributed by atoms with Gasteiger partial charge in [-0.1, -0.05) is 36.7 Å². The van der Waals surface area contributed by atoms with Gasteiger partial charge in [0.2, 0.25) is 11.8 Å². The molecule has 0 bridgehead atoms. The highest BCUT2D eigenvalue weighted by molar-refractivity contribution is 6.32. The van der Waals surface area contributed by atoms with Crippen LogP contribution in [0.5, 0.6) is 11.5 Å². The van der Waals surface area contributed by atoms with Crippen LogP contribution in [0.25, 0.3) is 0 Å². The van der Waals surface area contributed by atoms with E-state index in [9.17, 15) is 9.59 Å². The summed E-state index contributed by atoms with van der Waals surface area (Å²) in [6, 6.07) is 10.7. The van der Waals surface area contributed by atoms with Crippen LogP contribution in [0.2, 0.25) is 5.02 Å². The number of benzene rings is 2. The fourth-order valence-electron chi connectivity index (χ4n) is 2.71. The minimum Gasteiger partial charge on any atom is -0.495 e. The van der Waals surface area contributed by atoms with E-state index in [1.54, 1.807) is 12.1 Å². The summed E-state index contributed by atoms with van der Waals surface area (Å²) in [5, 5.41) is 3.21. The van der Waals surface area contributed by atoms with Crippen molar-refractivity contribution < 1.29 is 19.1 Å². The molecule has 6 nitrogen and oxygen atoms in total. The number of para-hydroxylation sites is 1. The molecule has 0 spiro atoms. The van der Waals surface area contributed by atoms with Gasteiger partial charge >= 0.3 is 0 Å². The number of ether oxygens (including phenoxy) is 2. The van der Waals surface area contributed by atoms with E-state index in [4.69, 9.17) is 21.1 Å². The van der Waals surface area contributed by atoms with Crippen LogP contribution in [-0.4, -0.2) is 32.6 Å². The van der Waals surface area contributed by atoms with Crippen LogP contribution in [0, 0.1) is 0 Å². The monoisotopic (exact) mass is 390 g/mol. The van der Waals surface area contributed by atoms with Crippen molar-refractivity contribution in [2.75, 3.05) is 31.0 Å². The fraction of sp³-hybridized carbons (Fsp3) is 0.300. The summed E-state index contributed by atoms with van der Waals surface area (Å²) >= 11 is 6.12. The van der Waals surface area contributed by atoms with Gasteiger partial charge in [0, 0.05) is 24.7 Å². The van der Waals surface area contributed by atoms with Crippen LogP contribution < -0.4 is 19.7 Å². The second kappa shape index (κ2) is 9.28. The van der Waals surface area contributed by atoms with Crippen LogP contribution in [0.3, 0.4) is 0 Å². The van der Waals surface area contributed by atoms with Gasteiger partial charge in [-0.3, -0.25) is 14.5 Å². The average molecular weight is 391 g/mol. The van der Waals surface area contributed by atoms with E-state index in [1.165, 1.54) is 26.0 Å². The van der Waals surface area contributed by atoms with Crippen molar-refractivity contribution in [3.8, 4) is 11.5 Å². The molecule has 0 aromatic heterocycles. The number of aryl methyl sites for hydroxylation is 1. The summed E-state index contributed by atoms with van der Waals surface area (Å²) < 4.78 is 10.5. The van der Waals surface area contributed by atoms with E-state index < -0.39 is 0 Å². The molecule has 2 rings (SSSR count). The molecular formula is C20H23ClN2O4. The number of carbonyl (C=O) groups excluding carboxylic acids is 2. The number of amides is 2. The van der Waals surface area contributed by atoms with E-state index in [0.29, 0.717) is 22.2 Å². The molecule has 0 unspecified atom stereocenters. The summed E-state index contributed by atoms with van der Waals surface area (Å²) in [7, 11) is 2.95. The summed E-state index contributed by atoms with van der Waals surface area (Å²) in [6.07, 6.45) is 0.787. The molecule has 2 aromatic carbocycles. The van der Waals surface area contributed by atoms with E-state index in [2.05, 4.69) is 5.32 Å². The molecule has 0 fully saturated rings. The Morgan fingerprint density at radius 1 is 1.11 bits per heavy atom. The van der Waals surface area contributed by atoms with Gasteiger partial charge < -0.3 is 14.8 Å². The summed E-state index contributed by atoms with van der Waals surface area (Å²) in [6.45, 7) is 3.22. The number of nitrogens with zero attached hydrogens (tertiary/aromatic N) is 1. The first kappa shape index (κ1) is 20.6. The van der Waals surface area contributed by atoms with Crippen molar-refractivity contribution in [3.63, 3.8) is 0 Å². The Kier molecular flexibility index (Phi) is 7.07. The van der Waals surface area contributed by atoms with Crippen molar-refractivity contribution in [2.45, 2.75) is 20.3 Å². The Balaban J connectivity index is 2.30. The number of hydrogen-bond donors (Lipinski definition) is 1. The number of nitrogens with one attached hydrogen (secondary N) is 1. The van der Waals surface area contributed by atoms with E-state index in [0.717, 1.165) is 17.7 Å². The Morgan fingerprint density at radius 2 is 1.78 bits per heavy atom. The van der Waals surface area contributed by atoms with Crippen molar-refractivity contribution in [1.29, 1.82) is 0 Å². The predicted molar refractivity (Wildman–Crippen MR) is 107 cm³/mol. The Bertz CT molecular complexity index is 839. The number of anilines is 2. The molecule has 2 amide bonds. The molecule has 7 heteroatoms. The van der Waals surface area contributed by atoms with Crippen molar-refractivity contribution in [1.82, 2.24) is 0 Å². The molecule has 144 valence electrons. The molecular weight excluding hydrogens is 368 g/mol. The third kappa shape index (κ3) is 4.92. The number of rotatable bonds is 7. The minimum absolute atomic E-state index is 0.172. The Morgan fingerprint density at radius 3 is 2.37 bits per heavy atom. The maximum atomic E-state index is 12.6. The second-order valence-corrected chi connectivity index (χ2v) is 6.23. The molecule has 0 saturated carbocycles. The molecule has 0 heterocycles. The van der Waals surface area contributed by atoms with E-state index in [1.807, 2.05) is 31.2 Å². The zero-order valence-electron chi connectivity index (χ0n) is 15.8. The van der Waals surface area contributed by atoms with Crippen LogP contribution in [0.15, 0.2) is 36.4 Å². The molecule has 0 radical (unpaired) electrons. The van der Waals surface area contributed by atoms with Crippen LogP contribution in [0.4, 0.5) is 11.4 Å². The third-order valence-electron chi connectivity index (χ3n) is 4.10. The van der Waals surface area contributed by atoms with Gasteiger partial charge in [0.05, 0.1) is 24.9 Å². The molecule has 0 aliphatic rings. The number of halogens is 1. The molecule has 0 saturated heterocycles. The first-order chi connectivity index (χ1) is 12.9. The van der Waals surface area contributed by atoms with Gasteiger partial charge in [-0.05, 0) is 18.1 Å². The number of methoxy groups -OCH3 is 2. The van der Waals surface area contributed by atoms with E-state index in [-0.39, 0.29) is 18.4 Å². The predicted octanol–water partition coefficient (Wildman–Crippen LogP) is 3.91. The maximum Gasteiger partial charge on any atom is 0.244 e. The van der Waals surface area contributed by atoms with Crippen LogP contribution in [-0.2, 0) is 16.0 Å². The summed E-state index contributed by atoms with van der Waals surface area (Å²) in [5.74, 6) is 0.131. The van der Waals surface area contributed by atoms with Crippen LogP contribution >= 0.6 is 11.6 Å².